The Morgan fingerprint density at radius 1 is 1.16 bits per heavy atom. The van der Waals surface area contributed by atoms with Gasteiger partial charge in [0.1, 0.15) is 0 Å². The van der Waals surface area contributed by atoms with Crippen LogP contribution in [0.25, 0.3) is 0 Å². The molecule has 2 atom stereocenters. The molecule has 0 aliphatic heterocycles. The van der Waals surface area contributed by atoms with Gasteiger partial charge in [-0.2, -0.15) is 0 Å². The van der Waals surface area contributed by atoms with E-state index in [0.717, 1.165) is 43.6 Å². The van der Waals surface area contributed by atoms with Gasteiger partial charge in [-0.25, -0.2) is 0 Å². The standard InChI is InChI=1S/C17H24O2/c1-13(18)16-10-7-15(8-11-16)6-5-14-3-2-4-17(19)12-9-14/h7-8,10-11,14,17,19H,2-6,9,12H2,1H3. The molecule has 0 saturated heterocycles. The van der Waals surface area contributed by atoms with E-state index in [2.05, 4.69) is 12.1 Å². The van der Waals surface area contributed by atoms with Crippen LogP contribution in [0.3, 0.4) is 0 Å². The number of rotatable bonds is 4. The van der Waals surface area contributed by atoms with Crippen molar-refractivity contribution in [2.45, 2.75) is 58.0 Å². The van der Waals surface area contributed by atoms with Gasteiger partial charge < -0.3 is 5.11 Å². The lowest BCUT2D eigenvalue weighted by Crippen LogP contribution is -2.05. The Morgan fingerprint density at radius 3 is 2.58 bits per heavy atom. The molecule has 1 fully saturated rings. The first kappa shape index (κ1) is 14.3. The van der Waals surface area contributed by atoms with E-state index in [1.165, 1.54) is 18.4 Å². The van der Waals surface area contributed by atoms with Crippen LogP contribution < -0.4 is 0 Å². The summed E-state index contributed by atoms with van der Waals surface area (Å²) in [4.78, 5) is 11.2. The van der Waals surface area contributed by atoms with Crippen molar-refractivity contribution in [3.63, 3.8) is 0 Å². The highest BCUT2D eigenvalue weighted by Crippen LogP contribution is 2.27. The second-order valence-electron chi connectivity index (χ2n) is 5.82. The second-order valence-corrected chi connectivity index (χ2v) is 5.82. The van der Waals surface area contributed by atoms with Crippen molar-refractivity contribution >= 4 is 5.78 Å². The lowest BCUT2D eigenvalue weighted by Gasteiger charge is -2.13. The smallest absolute Gasteiger partial charge is 0.159 e. The Kier molecular flexibility index (Phi) is 5.15. The fourth-order valence-electron chi connectivity index (χ4n) is 2.92. The second kappa shape index (κ2) is 6.85. The van der Waals surface area contributed by atoms with Crippen molar-refractivity contribution in [3.8, 4) is 0 Å². The molecule has 0 heterocycles. The molecule has 1 aliphatic carbocycles. The summed E-state index contributed by atoms with van der Waals surface area (Å²) >= 11 is 0. The maximum atomic E-state index is 11.2. The summed E-state index contributed by atoms with van der Waals surface area (Å²) in [6.45, 7) is 1.60. The van der Waals surface area contributed by atoms with E-state index in [9.17, 15) is 9.90 Å². The maximum absolute atomic E-state index is 11.2. The van der Waals surface area contributed by atoms with Crippen LogP contribution in [-0.2, 0) is 6.42 Å². The van der Waals surface area contributed by atoms with Crippen molar-refractivity contribution in [2.75, 3.05) is 0 Å². The zero-order chi connectivity index (χ0) is 13.7. The largest absolute Gasteiger partial charge is 0.393 e. The van der Waals surface area contributed by atoms with Gasteiger partial charge in [0, 0.05) is 5.56 Å². The van der Waals surface area contributed by atoms with Crippen LogP contribution in [0.2, 0.25) is 0 Å². The van der Waals surface area contributed by atoms with Crippen molar-refractivity contribution < 1.29 is 9.90 Å². The highest BCUT2D eigenvalue weighted by atomic mass is 16.3. The molecule has 2 rings (SSSR count). The molecule has 0 aromatic heterocycles. The molecular formula is C17H24O2. The maximum Gasteiger partial charge on any atom is 0.159 e. The fraction of sp³-hybridized carbons (Fsp3) is 0.588. The summed E-state index contributed by atoms with van der Waals surface area (Å²) in [7, 11) is 0. The van der Waals surface area contributed by atoms with Crippen molar-refractivity contribution in [1.29, 1.82) is 0 Å². The summed E-state index contributed by atoms with van der Waals surface area (Å²) < 4.78 is 0. The Bertz CT molecular complexity index is 408. The third-order valence-electron chi connectivity index (χ3n) is 4.26. The summed E-state index contributed by atoms with van der Waals surface area (Å²) in [5.41, 5.74) is 2.11. The number of hydrogen-bond acceptors (Lipinski definition) is 2. The molecule has 2 nitrogen and oxygen atoms in total. The predicted octanol–water partition coefficient (Wildman–Crippen LogP) is 3.76. The molecule has 1 saturated carbocycles. The molecule has 0 spiro atoms. The monoisotopic (exact) mass is 260 g/mol. The number of aryl methyl sites for hydroxylation is 1. The van der Waals surface area contributed by atoms with E-state index in [1.54, 1.807) is 6.92 Å². The number of benzene rings is 1. The summed E-state index contributed by atoms with van der Waals surface area (Å²) in [6, 6.07) is 7.99. The Labute approximate surface area is 115 Å². The Morgan fingerprint density at radius 2 is 1.89 bits per heavy atom. The average molecular weight is 260 g/mol. The average Bonchev–Trinajstić information content (AvgIpc) is 2.61. The predicted molar refractivity (Wildman–Crippen MR) is 77.3 cm³/mol. The molecule has 1 N–H and O–H groups in total. The molecule has 1 aliphatic rings. The molecule has 2 heteroatoms. The number of carbonyl (C=O) groups is 1. The van der Waals surface area contributed by atoms with Gasteiger partial charge in [-0.1, -0.05) is 37.1 Å². The van der Waals surface area contributed by atoms with Gasteiger partial charge in [0.2, 0.25) is 0 Å². The minimum Gasteiger partial charge on any atom is -0.393 e. The van der Waals surface area contributed by atoms with E-state index >= 15 is 0 Å². The number of ketones is 1. The van der Waals surface area contributed by atoms with Gasteiger partial charge in [-0.05, 0) is 50.5 Å². The van der Waals surface area contributed by atoms with Gasteiger partial charge in [0.05, 0.1) is 6.10 Å². The first-order valence-corrected chi connectivity index (χ1v) is 7.43. The quantitative estimate of drug-likeness (QED) is 0.661. The molecule has 19 heavy (non-hydrogen) atoms. The van der Waals surface area contributed by atoms with Crippen LogP contribution in [0, 0.1) is 5.92 Å². The van der Waals surface area contributed by atoms with Crippen LogP contribution in [0.15, 0.2) is 24.3 Å². The number of aliphatic hydroxyl groups excluding tert-OH is 1. The molecule has 1 aromatic carbocycles. The number of aliphatic hydroxyl groups is 1. The van der Waals surface area contributed by atoms with Gasteiger partial charge in [-0.15, -0.1) is 0 Å². The van der Waals surface area contributed by atoms with Crippen LogP contribution >= 0.6 is 0 Å². The zero-order valence-electron chi connectivity index (χ0n) is 11.8. The van der Waals surface area contributed by atoms with Crippen LogP contribution in [0.4, 0.5) is 0 Å². The number of hydrogen-bond donors (Lipinski definition) is 1. The normalized spacial score (nSPS) is 23.9. The fourth-order valence-corrected chi connectivity index (χ4v) is 2.92. The van der Waals surface area contributed by atoms with Crippen LogP contribution in [-0.4, -0.2) is 17.0 Å². The molecule has 1 aromatic rings. The highest BCUT2D eigenvalue weighted by molar-refractivity contribution is 5.93. The zero-order valence-corrected chi connectivity index (χ0v) is 11.8. The van der Waals surface area contributed by atoms with Crippen LogP contribution in [0.1, 0.15) is 61.4 Å². The molecule has 0 radical (unpaired) electrons. The van der Waals surface area contributed by atoms with Gasteiger partial charge in [-0.3, -0.25) is 4.79 Å². The third kappa shape index (κ3) is 4.46. The van der Waals surface area contributed by atoms with E-state index in [-0.39, 0.29) is 11.9 Å². The summed E-state index contributed by atoms with van der Waals surface area (Å²) in [6.07, 6.45) is 7.73. The van der Waals surface area contributed by atoms with E-state index < -0.39 is 0 Å². The van der Waals surface area contributed by atoms with Gasteiger partial charge >= 0.3 is 0 Å². The summed E-state index contributed by atoms with van der Waals surface area (Å²) in [5.74, 6) is 0.883. The molecule has 0 bridgehead atoms. The van der Waals surface area contributed by atoms with Gasteiger partial charge in [0.15, 0.2) is 5.78 Å². The topological polar surface area (TPSA) is 37.3 Å². The molecule has 104 valence electrons. The number of carbonyl (C=O) groups excluding carboxylic acids is 1. The Balaban J connectivity index is 1.83. The van der Waals surface area contributed by atoms with E-state index in [0.29, 0.717) is 0 Å². The van der Waals surface area contributed by atoms with Crippen molar-refractivity contribution in [2.24, 2.45) is 5.92 Å². The summed E-state index contributed by atoms with van der Waals surface area (Å²) in [5, 5.41) is 9.64. The lowest BCUT2D eigenvalue weighted by molar-refractivity contribution is 0.101. The highest BCUT2D eigenvalue weighted by Gasteiger charge is 2.16. The molecular weight excluding hydrogens is 236 g/mol. The van der Waals surface area contributed by atoms with Gasteiger partial charge in [0.25, 0.3) is 0 Å². The lowest BCUT2D eigenvalue weighted by atomic mass is 9.92. The number of Topliss-reactive ketones (excluding diaryl/α,β-unsaturated/α-hetero) is 1. The third-order valence-corrected chi connectivity index (χ3v) is 4.26. The van der Waals surface area contributed by atoms with Crippen LogP contribution in [0.5, 0.6) is 0 Å². The SMILES string of the molecule is CC(=O)c1ccc(CCC2CCCC(O)CC2)cc1. The molecule has 0 amide bonds. The molecule has 2 unspecified atom stereocenters. The minimum atomic E-state index is -0.0696. The minimum absolute atomic E-state index is 0.0696. The van der Waals surface area contributed by atoms with Crippen molar-refractivity contribution in [1.82, 2.24) is 0 Å². The van der Waals surface area contributed by atoms with E-state index in [4.69, 9.17) is 0 Å². The Hall–Kier alpha value is -1.15. The first-order chi connectivity index (χ1) is 9.15. The van der Waals surface area contributed by atoms with E-state index in [1.807, 2.05) is 12.1 Å². The van der Waals surface area contributed by atoms with Crippen molar-refractivity contribution in [3.05, 3.63) is 35.4 Å². The first-order valence-electron chi connectivity index (χ1n) is 7.43.